The van der Waals surface area contributed by atoms with Gasteiger partial charge in [0.15, 0.2) is 0 Å². The van der Waals surface area contributed by atoms with Crippen molar-refractivity contribution < 1.29 is 14.3 Å². The molecule has 0 saturated heterocycles. The minimum absolute atomic E-state index is 0.0325. The van der Waals surface area contributed by atoms with Gasteiger partial charge in [0.2, 0.25) is 0 Å². The highest BCUT2D eigenvalue weighted by Crippen LogP contribution is 2.25. The van der Waals surface area contributed by atoms with Crippen LogP contribution < -0.4 is 0 Å². The van der Waals surface area contributed by atoms with Gasteiger partial charge in [-0.2, -0.15) is 0 Å². The molecule has 0 N–H and O–H groups in total. The molecule has 1 aliphatic carbocycles. The van der Waals surface area contributed by atoms with E-state index in [1.165, 1.54) is 12.8 Å². The number of hydrogen-bond donors (Lipinski definition) is 0. The van der Waals surface area contributed by atoms with E-state index in [9.17, 15) is 4.79 Å². The first-order valence-corrected chi connectivity index (χ1v) is 5.48. The predicted octanol–water partition coefficient (Wildman–Crippen LogP) is 2.14. The summed E-state index contributed by atoms with van der Waals surface area (Å²) in [4.78, 5) is 11.4. The molecule has 0 spiro atoms. The molecule has 0 bridgehead atoms. The van der Waals surface area contributed by atoms with Crippen LogP contribution in [0.1, 0.15) is 39.5 Å². The van der Waals surface area contributed by atoms with Gasteiger partial charge in [0, 0.05) is 0 Å². The van der Waals surface area contributed by atoms with Crippen molar-refractivity contribution in [2.24, 2.45) is 5.92 Å². The van der Waals surface area contributed by atoms with E-state index in [1.54, 1.807) is 0 Å². The summed E-state index contributed by atoms with van der Waals surface area (Å²) in [5.41, 5.74) is 0. The molecule has 0 aliphatic heterocycles. The SMILES string of the molecule is CC(C)OCCOC(=O)C1CCCC1. The van der Waals surface area contributed by atoms with Gasteiger partial charge in [-0.25, -0.2) is 0 Å². The summed E-state index contributed by atoms with van der Waals surface area (Å²) in [6, 6.07) is 0. The molecule has 0 aromatic rings. The van der Waals surface area contributed by atoms with Crippen LogP contribution in [-0.4, -0.2) is 25.3 Å². The molecular formula is C11H20O3. The van der Waals surface area contributed by atoms with Gasteiger partial charge in [-0.15, -0.1) is 0 Å². The summed E-state index contributed by atoms with van der Waals surface area (Å²) in [5, 5.41) is 0. The Hall–Kier alpha value is -0.570. The van der Waals surface area contributed by atoms with Crippen LogP contribution in [0.5, 0.6) is 0 Å². The van der Waals surface area contributed by atoms with Crippen LogP contribution in [0.4, 0.5) is 0 Å². The predicted molar refractivity (Wildman–Crippen MR) is 54.0 cm³/mol. The second-order valence-corrected chi connectivity index (χ2v) is 4.07. The molecule has 82 valence electrons. The second-order valence-electron chi connectivity index (χ2n) is 4.07. The number of ether oxygens (including phenoxy) is 2. The lowest BCUT2D eigenvalue weighted by molar-refractivity contribution is -0.150. The van der Waals surface area contributed by atoms with Crippen molar-refractivity contribution in [3.63, 3.8) is 0 Å². The lowest BCUT2D eigenvalue weighted by Gasteiger charge is -2.11. The van der Waals surface area contributed by atoms with E-state index in [1.807, 2.05) is 13.8 Å². The quantitative estimate of drug-likeness (QED) is 0.504. The summed E-state index contributed by atoms with van der Waals surface area (Å²) >= 11 is 0. The molecule has 0 heterocycles. The van der Waals surface area contributed by atoms with Gasteiger partial charge < -0.3 is 9.47 Å². The summed E-state index contributed by atoms with van der Waals surface area (Å²) in [5.74, 6) is 0.129. The van der Waals surface area contributed by atoms with Gasteiger partial charge in [0.1, 0.15) is 6.61 Å². The van der Waals surface area contributed by atoms with Crippen LogP contribution in [0, 0.1) is 5.92 Å². The molecule has 3 heteroatoms. The smallest absolute Gasteiger partial charge is 0.309 e. The molecule has 0 aromatic heterocycles. The van der Waals surface area contributed by atoms with E-state index in [0.717, 1.165) is 12.8 Å². The number of esters is 1. The van der Waals surface area contributed by atoms with Gasteiger partial charge in [-0.05, 0) is 26.7 Å². The molecule has 0 aromatic carbocycles. The molecule has 1 fully saturated rings. The Kier molecular flexibility index (Phi) is 4.94. The standard InChI is InChI=1S/C11H20O3/c1-9(2)13-7-8-14-11(12)10-5-3-4-6-10/h9-10H,3-8H2,1-2H3. The number of carbonyl (C=O) groups is 1. The Morgan fingerprint density at radius 3 is 2.50 bits per heavy atom. The normalized spacial score (nSPS) is 17.6. The van der Waals surface area contributed by atoms with Crippen molar-refractivity contribution in [1.82, 2.24) is 0 Å². The summed E-state index contributed by atoms with van der Waals surface area (Å²) in [6.07, 6.45) is 4.55. The fourth-order valence-electron chi connectivity index (χ4n) is 1.71. The molecule has 0 unspecified atom stereocenters. The molecule has 14 heavy (non-hydrogen) atoms. The van der Waals surface area contributed by atoms with Crippen molar-refractivity contribution in [3.05, 3.63) is 0 Å². The van der Waals surface area contributed by atoms with Crippen LogP contribution in [0.25, 0.3) is 0 Å². The Morgan fingerprint density at radius 2 is 1.93 bits per heavy atom. The lowest BCUT2D eigenvalue weighted by atomic mass is 10.1. The topological polar surface area (TPSA) is 35.5 Å². The van der Waals surface area contributed by atoms with E-state index >= 15 is 0 Å². The first kappa shape index (κ1) is 11.5. The van der Waals surface area contributed by atoms with E-state index in [-0.39, 0.29) is 18.0 Å². The largest absolute Gasteiger partial charge is 0.463 e. The number of hydrogen-bond acceptors (Lipinski definition) is 3. The Bertz CT molecular complexity index is 171. The minimum atomic E-state index is -0.0325. The maximum atomic E-state index is 11.4. The number of rotatable bonds is 5. The Labute approximate surface area is 85.8 Å². The van der Waals surface area contributed by atoms with Crippen molar-refractivity contribution >= 4 is 5.97 Å². The maximum absolute atomic E-state index is 11.4. The highest BCUT2D eigenvalue weighted by atomic mass is 16.6. The van der Waals surface area contributed by atoms with Gasteiger partial charge in [-0.1, -0.05) is 12.8 Å². The molecule has 1 saturated carbocycles. The fourth-order valence-corrected chi connectivity index (χ4v) is 1.71. The Morgan fingerprint density at radius 1 is 1.29 bits per heavy atom. The van der Waals surface area contributed by atoms with Crippen LogP contribution in [0.15, 0.2) is 0 Å². The first-order valence-electron chi connectivity index (χ1n) is 5.48. The van der Waals surface area contributed by atoms with Crippen LogP contribution in [-0.2, 0) is 14.3 Å². The van der Waals surface area contributed by atoms with Crippen LogP contribution in [0.3, 0.4) is 0 Å². The summed E-state index contributed by atoms with van der Waals surface area (Å²) in [6.45, 7) is 4.85. The van der Waals surface area contributed by atoms with Crippen LogP contribution in [0.2, 0.25) is 0 Å². The zero-order chi connectivity index (χ0) is 10.4. The fraction of sp³-hybridized carbons (Fsp3) is 0.909. The highest BCUT2D eigenvalue weighted by Gasteiger charge is 2.23. The highest BCUT2D eigenvalue weighted by molar-refractivity contribution is 5.72. The monoisotopic (exact) mass is 200 g/mol. The van der Waals surface area contributed by atoms with E-state index < -0.39 is 0 Å². The van der Waals surface area contributed by atoms with Gasteiger partial charge in [0.25, 0.3) is 0 Å². The van der Waals surface area contributed by atoms with Crippen molar-refractivity contribution in [2.75, 3.05) is 13.2 Å². The lowest BCUT2D eigenvalue weighted by Crippen LogP contribution is -2.18. The van der Waals surface area contributed by atoms with Crippen molar-refractivity contribution in [3.8, 4) is 0 Å². The molecule has 3 nitrogen and oxygen atoms in total. The Balaban J connectivity index is 2.03. The van der Waals surface area contributed by atoms with Gasteiger partial charge in [-0.3, -0.25) is 4.79 Å². The van der Waals surface area contributed by atoms with Crippen LogP contribution >= 0.6 is 0 Å². The van der Waals surface area contributed by atoms with E-state index in [2.05, 4.69) is 0 Å². The van der Waals surface area contributed by atoms with Gasteiger partial charge in [0.05, 0.1) is 18.6 Å². The first-order chi connectivity index (χ1) is 6.70. The molecule has 1 rings (SSSR count). The third kappa shape index (κ3) is 4.09. The molecule has 1 aliphatic rings. The van der Waals surface area contributed by atoms with Gasteiger partial charge >= 0.3 is 5.97 Å². The maximum Gasteiger partial charge on any atom is 0.309 e. The zero-order valence-corrected chi connectivity index (χ0v) is 9.12. The average Bonchev–Trinajstić information content (AvgIpc) is 2.64. The molecule has 0 atom stereocenters. The second kappa shape index (κ2) is 6.02. The van der Waals surface area contributed by atoms with E-state index in [4.69, 9.17) is 9.47 Å². The van der Waals surface area contributed by atoms with Crippen molar-refractivity contribution in [2.45, 2.75) is 45.6 Å². The summed E-state index contributed by atoms with van der Waals surface area (Å²) < 4.78 is 10.4. The minimum Gasteiger partial charge on any atom is -0.463 e. The van der Waals surface area contributed by atoms with Crippen molar-refractivity contribution in [1.29, 1.82) is 0 Å². The summed E-state index contributed by atoms with van der Waals surface area (Å²) in [7, 11) is 0. The molecular weight excluding hydrogens is 180 g/mol. The third-order valence-electron chi connectivity index (χ3n) is 2.47. The molecule has 0 amide bonds. The molecule has 0 radical (unpaired) electrons. The average molecular weight is 200 g/mol. The zero-order valence-electron chi connectivity index (χ0n) is 9.12. The van der Waals surface area contributed by atoms with E-state index in [0.29, 0.717) is 13.2 Å². The third-order valence-corrected chi connectivity index (χ3v) is 2.47. The number of carbonyl (C=O) groups excluding carboxylic acids is 1.